The fourth-order valence-corrected chi connectivity index (χ4v) is 2.15. The first-order chi connectivity index (χ1) is 7.41. The van der Waals surface area contributed by atoms with Crippen molar-refractivity contribution in [3.63, 3.8) is 0 Å². The van der Waals surface area contributed by atoms with Crippen LogP contribution in [0.25, 0.3) is 0 Å². The molecule has 1 aliphatic rings. The van der Waals surface area contributed by atoms with Crippen molar-refractivity contribution in [3.05, 3.63) is 0 Å². The molecule has 0 bridgehead atoms. The van der Waals surface area contributed by atoms with Gasteiger partial charge in [-0.15, -0.1) is 0 Å². The van der Waals surface area contributed by atoms with Gasteiger partial charge in [-0.2, -0.15) is 0 Å². The van der Waals surface area contributed by atoms with Crippen LogP contribution in [0, 0.1) is 5.92 Å². The van der Waals surface area contributed by atoms with E-state index in [9.17, 15) is 9.59 Å². The molecular weight excluding hydrogens is 280 g/mol. The third kappa shape index (κ3) is 3.45. The van der Waals surface area contributed by atoms with E-state index >= 15 is 0 Å². The highest BCUT2D eigenvalue weighted by atomic mass is 79.9. The van der Waals surface area contributed by atoms with Crippen molar-refractivity contribution in [2.75, 3.05) is 6.61 Å². The van der Waals surface area contributed by atoms with Crippen LogP contribution in [-0.2, 0) is 23.8 Å². The molecule has 0 aromatic heterocycles. The standard InChI is InChI=1S/C10H15BrO5/c1-5-4-14-10(11)9(16-7(3)13)8(5)15-6(2)12/h5,8-10H,4H2,1-3H3/t5-,8-,9+,10?/m1/s1. The highest BCUT2D eigenvalue weighted by Gasteiger charge is 2.41. The molecule has 92 valence electrons. The van der Waals surface area contributed by atoms with Gasteiger partial charge in [-0.25, -0.2) is 0 Å². The van der Waals surface area contributed by atoms with Crippen LogP contribution in [0.15, 0.2) is 0 Å². The summed E-state index contributed by atoms with van der Waals surface area (Å²) >= 11 is 3.25. The lowest BCUT2D eigenvalue weighted by Gasteiger charge is -2.37. The number of alkyl halides is 1. The second-order valence-corrected chi connectivity index (χ2v) is 4.71. The monoisotopic (exact) mass is 294 g/mol. The molecule has 0 spiro atoms. The lowest BCUT2D eigenvalue weighted by molar-refractivity contribution is -0.191. The molecule has 0 amide bonds. The Morgan fingerprint density at radius 2 is 1.69 bits per heavy atom. The van der Waals surface area contributed by atoms with Gasteiger partial charge in [-0.1, -0.05) is 22.9 Å². The largest absolute Gasteiger partial charge is 0.458 e. The number of hydrogen-bond acceptors (Lipinski definition) is 5. The van der Waals surface area contributed by atoms with E-state index in [1.54, 1.807) is 0 Å². The van der Waals surface area contributed by atoms with E-state index in [1.807, 2.05) is 6.92 Å². The Kier molecular flexibility index (Phi) is 4.73. The highest BCUT2D eigenvalue weighted by Crippen LogP contribution is 2.28. The fraction of sp³-hybridized carbons (Fsp3) is 0.800. The number of esters is 2. The van der Waals surface area contributed by atoms with E-state index in [2.05, 4.69) is 15.9 Å². The van der Waals surface area contributed by atoms with Gasteiger partial charge in [0.2, 0.25) is 0 Å². The number of ether oxygens (including phenoxy) is 3. The number of hydrogen-bond donors (Lipinski definition) is 0. The molecule has 0 N–H and O–H groups in total. The SMILES string of the molecule is CC(=O)O[C@@H]1[C@H](C)COC(Br)[C@H]1OC(C)=O. The summed E-state index contributed by atoms with van der Waals surface area (Å²) in [5, 5.41) is -0.447. The number of halogens is 1. The van der Waals surface area contributed by atoms with Crippen molar-refractivity contribution in [2.45, 2.75) is 38.0 Å². The topological polar surface area (TPSA) is 61.8 Å². The molecule has 6 heteroatoms. The van der Waals surface area contributed by atoms with Gasteiger partial charge in [0.15, 0.2) is 11.1 Å². The molecule has 4 atom stereocenters. The van der Waals surface area contributed by atoms with Crippen LogP contribution in [-0.4, -0.2) is 35.8 Å². The molecule has 1 unspecified atom stereocenters. The van der Waals surface area contributed by atoms with Crippen LogP contribution in [0.2, 0.25) is 0 Å². The van der Waals surface area contributed by atoms with E-state index in [1.165, 1.54) is 13.8 Å². The molecule has 0 aliphatic carbocycles. The van der Waals surface area contributed by atoms with Gasteiger partial charge >= 0.3 is 11.9 Å². The zero-order valence-corrected chi connectivity index (χ0v) is 11.0. The minimum atomic E-state index is -0.606. The Labute approximate surface area is 103 Å². The molecule has 0 aromatic rings. The summed E-state index contributed by atoms with van der Waals surface area (Å²) in [6.45, 7) is 4.97. The van der Waals surface area contributed by atoms with Gasteiger partial charge in [0.25, 0.3) is 0 Å². The predicted molar refractivity (Wildman–Crippen MR) is 58.9 cm³/mol. The second kappa shape index (κ2) is 5.63. The molecule has 1 aliphatic heterocycles. The third-order valence-electron chi connectivity index (χ3n) is 2.27. The molecule has 1 rings (SSSR count). The van der Waals surface area contributed by atoms with Gasteiger partial charge < -0.3 is 14.2 Å². The molecule has 1 saturated heterocycles. The maximum atomic E-state index is 11.0. The van der Waals surface area contributed by atoms with Gasteiger partial charge in [0, 0.05) is 19.8 Å². The average Bonchev–Trinajstić information content (AvgIpc) is 2.16. The van der Waals surface area contributed by atoms with Crippen molar-refractivity contribution in [1.29, 1.82) is 0 Å². The minimum Gasteiger partial charge on any atom is -0.458 e. The maximum Gasteiger partial charge on any atom is 0.303 e. The van der Waals surface area contributed by atoms with Gasteiger partial charge in [0.05, 0.1) is 6.61 Å². The van der Waals surface area contributed by atoms with Crippen molar-refractivity contribution < 1.29 is 23.8 Å². The molecule has 1 heterocycles. The summed E-state index contributed by atoms with van der Waals surface area (Å²) in [4.78, 5) is 21.9. The van der Waals surface area contributed by atoms with Crippen molar-refractivity contribution in [1.82, 2.24) is 0 Å². The maximum absolute atomic E-state index is 11.0. The summed E-state index contributed by atoms with van der Waals surface area (Å²) in [7, 11) is 0. The van der Waals surface area contributed by atoms with Crippen LogP contribution < -0.4 is 0 Å². The number of carbonyl (C=O) groups is 2. The summed E-state index contributed by atoms with van der Waals surface area (Å²) in [5.74, 6) is -0.832. The van der Waals surface area contributed by atoms with E-state index in [0.717, 1.165) is 0 Å². The first kappa shape index (κ1) is 13.4. The van der Waals surface area contributed by atoms with E-state index in [4.69, 9.17) is 14.2 Å². The lowest BCUT2D eigenvalue weighted by Crippen LogP contribution is -2.50. The smallest absolute Gasteiger partial charge is 0.303 e. The summed E-state index contributed by atoms with van der Waals surface area (Å²) < 4.78 is 15.6. The highest BCUT2D eigenvalue weighted by molar-refractivity contribution is 9.09. The van der Waals surface area contributed by atoms with Crippen LogP contribution in [0.3, 0.4) is 0 Å². The van der Waals surface area contributed by atoms with Gasteiger partial charge in [0.1, 0.15) is 6.10 Å². The molecule has 16 heavy (non-hydrogen) atoms. The Morgan fingerprint density at radius 1 is 1.19 bits per heavy atom. The quantitative estimate of drug-likeness (QED) is 0.566. The van der Waals surface area contributed by atoms with Crippen LogP contribution in [0.1, 0.15) is 20.8 Å². The van der Waals surface area contributed by atoms with E-state index < -0.39 is 29.2 Å². The van der Waals surface area contributed by atoms with E-state index in [-0.39, 0.29) is 5.92 Å². The first-order valence-corrected chi connectivity index (χ1v) is 5.93. The Hall–Kier alpha value is -0.620. The van der Waals surface area contributed by atoms with E-state index in [0.29, 0.717) is 6.61 Å². The summed E-state index contributed by atoms with van der Waals surface area (Å²) in [6.07, 6.45) is -1.08. The molecule has 0 saturated carbocycles. The second-order valence-electron chi connectivity index (χ2n) is 3.81. The van der Waals surface area contributed by atoms with Crippen LogP contribution in [0.5, 0.6) is 0 Å². The Bertz CT molecular complexity index is 252. The average molecular weight is 295 g/mol. The number of rotatable bonds is 2. The Morgan fingerprint density at radius 3 is 2.19 bits per heavy atom. The third-order valence-corrected chi connectivity index (χ3v) is 3.05. The molecule has 1 fully saturated rings. The van der Waals surface area contributed by atoms with Crippen molar-refractivity contribution in [2.24, 2.45) is 5.92 Å². The molecular formula is C10H15BrO5. The summed E-state index contributed by atoms with van der Waals surface area (Å²) in [6, 6.07) is 0. The molecule has 0 aromatic carbocycles. The predicted octanol–water partition coefficient (Wildman–Crippen LogP) is 1.24. The zero-order chi connectivity index (χ0) is 12.3. The Balaban J connectivity index is 2.76. The number of carbonyl (C=O) groups excluding carboxylic acids is 2. The fourth-order valence-electron chi connectivity index (χ4n) is 1.59. The molecule has 5 nitrogen and oxygen atoms in total. The minimum absolute atomic E-state index is 0.0120. The van der Waals surface area contributed by atoms with Crippen molar-refractivity contribution in [3.8, 4) is 0 Å². The first-order valence-electron chi connectivity index (χ1n) is 5.02. The zero-order valence-electron chi connectivity index (χ0n) is 9.44. The van der Waals surface area contributed by atoms with Crippen LogP contribution >= 0.6 is 15.9 Å². The molecule has 0 radical (unpaired) electrons. The van der Waals surface area contributed by atoms with Crippen molar-refractivity contribution >= 4 is 27.9 Å². The lowest BCUT2D eigenvalue weighted by atomic mass is 9.98. The normalized spacial score (nSPS) is 34.2. The van der Waals surface area contributed by atoms with Gasteiger partial charge in [-0.05, 0) is 0 Å². The van der Waals surface area contributed by atoms with Crippen LogP contribution in [0.4, 0.5) is 0 Å². The summed E-state index contributed by atoms with van der Waals surface area (Å²) in [5.41, 5.74) is 0. The van der Waals surface area contributed by atoms with Gasteiger partial charge in [-0.3, -0.25) is 9.59 Å².